The highest BCUT2D eigenvalue weighted by molar-refractivity contribution is 7.22. The third-order valence-electron chi connectivity index (χ3n) is 8.29. The molecular formula is C29H24Cl2FN3O5S. The van der Waals surface area contributed by atoms with Gasteiger partial charge in [-0.05, 0) is 62.8 Å². The number of thiazole rings is 1. The molecule has 4 aromatic rings. The average molecular weight is 616 g/mol. The van der Waals surface area contributed by atoms with Gasteiger partial charge >= 0.3 is 11.9 Å². The highest BCUT2D eigenvalue weighted by atomic mass is 35.5. The lowest BCUT2D eigenvalue weighted by Gasteiger charge is -2.40. The lowest BCUT2D eigenvalue weighted by molar-refractivity contribution is -0.0199. The number of hydrogen-bond acceptors (Lipinski definition) is 9. The second kappa shape index (κ2) is 9.68. The number of rotatable bonds is 6. The molecule has 3 heterocycles. The Kier molecular flexibility index (Phi) is 6.29. The van der Waals surface area contributed by atoms with Crippen LogP contribution in [0.2, 0.25) is 10.0 Å². The van der Waals surface area contributed by atoms with Crippen LogP contribution < -0.4 is 4.90 Å². The van der Waals surface area contributed by atoms with Gasteiger partial charge in [-0.3, -0.25) is 0 Å². The lowest BCUT2D eigenvalue weighted by Crippen LogP contribution is -2.51. The van der Waals surface area contributed by atoms with E-state index in [0.29, 0.717) is 44.2 Å². The van der Waals surface area contributed by atoms with Crippen molar-refractivity contribution in [2.45, 2.75) is 50.2 Å². The molecule has 7 rings (SSSR count). The van der Waals surface area contributed by atoms with Crippen molar-refractivity contribution in [3.8, 4) is 11.3 Å². The highest BCUT2D eigenvalue weighted by Gasteiger charge is 2.56. The van der Waals surface area contributed by atoms with Crippen LogP contribution in [0.1, 0.15) is 65.0 Å². The summed E-state index contributed by atoms with van der Waals surface area (Å²) < 4.78 is 32.2. The van der Waals surface area contributed by atoms with E-state index in [1.165, 1.54) is 18.4 Å². The first-order valence-electron chi connectivity index (χ1n) is 13.3. The molecular weight excluding hydrogens is 592 g/mol. The predicted molar refractivity (Wildman–Crippen MR) is 153 cm³/mol. The molecule has 0 unspecified atom stereocenters. The first-order chi connectivity index (χ1) is 19.7. The topological polar surface area (TPSA) is 94.8 Å². The maximum absolute atomic E-state index is 14.9. The number of carbonyl (C=O) groups is 2. The van der Waals surface area contributed by atoms with Gasteiger partial charge in [0.05, 0.1) is 33.5 Å². The number of carbonyl (C=O) groups excluding carboxylic acids is 2. The first-order valence-corrected chi connectivity index (χ1v) is 14.9. The zero-order valence-electron chi connectivity index (χ0n) is 22.1. The number of piperidine rings is 1. The molecule has 1 saturated heterocycles. The van der Waals surface area contributed by atoms with Crippen molar-refractivity contribution in [2.75, 3.05) is 18.6 Å². The van der Waals surface area contributed by atoms with Gasteiger partial charge in [0.15, 0.2) is 16.7 Å². The van der Waals surface area contributed by atoms with Crippen LogP contribution in [0.3, 0.4) is 0 Å². The van der Waals surface area contributed by atoms with E-state index in [0.717, 1.165) is 25.3 Å². The van der Waals surface area contributed by atoms with Gasteiger partial charge in [0.1, 0.15) is 22.4 Å². The van der Waals surface area contributed by atoms with Crippen molar-refractivity contribution in [1.29, 1.82) is 0 Å². The summed E-state index contributed by atoms with van der Waals surface area (Å²) in [6, 6.07) is 7.66. The van der Waals surface area contributed by atoms with Gasteiger partial charge in [0.2, 0.25) is 0 Å². The SMILES string of the molecule is COC(=O)c1cc(F)c2nc(N3C[C@H]4C[C@@H]3[C@@](C)(OC(=O)c3c(-c5c(Cl)cccc5Cl)noc3C3CC3)C4)sc2c1. The Bertz CT molecular complexity index is 1720. The van der Waals surface area contributed by atoms with E-state index in [2.05, 4.69) is 15.0 Å². The summed E-state index contributed by atoms with van der Waals surface area (Å²) in [5, 5.41) is 5.56. The smallest absolute Gasteiger partial charge is 0.344 e. The fourth-order valence-electron chi connectivity index (χ4n) is 6.30. The molecule has 2 saturated carbocycles. The molecule has 3 aliphatic rings. The summed E-state index contributed by atoms with van der Waals surface area (Å²) in [5.74, 6) is -0.882. The van der Waals surface area contributed by atoms with E-state index in [1.807, 2.05) is 6.92 Å². The largest absolute Gasteiger partial charge is 0.465 e. The zero-order valence-corrected chi connectivity index (χ0v) is 24.4. The van der Waals surface area contributed by atoms with Crippen molar-refractivity contribution >= 4 is 61.8 Å². The Labute approximate surface area is 248 Å². The molecule has 2 bridgehead atoms. The Balaban J connectivity index is 1.21. The van der Waals surface area contributed by atoms with Crippen molar-refractivity contribution in [2.24, 2.45) is 5.92 Å². The molecule has 8 nitrogen and oxygen atoms in total. The minimum atomic E-state index is -0.840. The summed E-state index contributed by atoms with van der Waals surface area (Å²) in [4.78, 5) is 32.6. The number of methoxy groups -OCH3 is 1. The number of benzene rings is 2. The summed E-state index contributed by atoms with van der Waals surface area (Å²) in [5.41, 5.74) is 0.450. The van der Waals surface area contributed by atoms with Crippen LogP contribution in [-0.2, 0) is 9.47 Å². The van der Waals surface area contributed by atoms with Crippen LogP contribution in [0.25, 0.3) is 21.5 Å². The molecule has 1 aliphatic heterocycles. The van der Waals surface area contributed by atoms with Gasteiger partial charge in [-0.1, -0.05) is 45.8 Å². The normalized spacial score (nSPS) is 23.4. The van der Waals surface area contributed by atoms with Crippen molar-refractivity contribution in [1.82, 2.24) is 10.1 Å². The van der Waals surface area contributed by atoms with Gasteiger partial charge in [-0.2, -0.15) is 0 Å². The van der Waals surface area contributed by atoms with Gasteiger partial charge < -0.3 is 18.9 Å². The number of nitrogens with zero attached hydrogens (tertiary/aromatic N) is 3. The summed E-state index contributed by atoms with van der Waals surface area (Å²) in [7, 11) is 1.25. The first kappa shape index (κ1) is 26.7. The standard InChI is InChI=1S/C29H24Cl2FN3O5S/c1-29(39-27(37)22-24(34-40-25(22)14-6-7-14)21-16(30)4-3-5-17(21)31)11-13-8-20(29)35(12-13)28-33-23-18(32)9-15(26(36)38-2)10-19(23)41-28/h3-5,9-10,13-14,20H,6-8,11-12H2,1-2H3/t13-,20+,29-/m0/s1. The number of halogens is 3. The minimum Gasteiger partial charge on any atom is -0.465 e. The lowest BCUT2D eigenvalue weighted by atomic mass is 9.94. The third kappa shape index (κ3) is 4.38. The van der Waals surface area contributed by atoms with E-state index in [9.17, 15) is 14.0 Å². The molecule has 2 aromatic heterocycles. The van der Waals surface area contributed by atoms with E-state index in [4.69, 9.17) is 37.2 Å². The monoisotopic (exact) mass is 615 g/mol. The number of ether oxygens (including phenoxy) is 2. The van der Waals surface area contributed by atoms with Crippen molar-refractivity contribution in [3.63, 3.8) is 0 Å². The molecule has 41 heavy (non-hydrogen) atoms. The third-order valence-corrected chi connectivity index (χ3v) is 9.96. The van der Waals surface area contributed by atoms with E-state index in [1.54, 1.807) is 24.3 Å². The molecule has 0 radical (unpaired) electrons. The number of fused-ring (bicyclic) bond motifs is 3. The van der Waals surface area contributed by atoms with Crippen LogP contribution in [0, 0.1) is 11.7 Å². The number of hydrogen-bond donors (Lipinski definition) is 0. The number of anilines is 1. The Morgan fingerprint density at radius 2 is 1.95 bits per heavy atom. The van der Waals surface area contributed by atoms with Crippen LogP contribution >= 0.6 is 34.5 Å². The van der Waals surface area contributed by atoms with Gasteiger partial charge in [0, 0.05) is 18.0 Å². The second-order valence-electron chi connectivity index (χ2n) is 11.1. The van der Waals surface area contributed by atoms with Gasteiger partial charge in [0.25, 0.3) is 0 Å². The number of esters is 2. The molecule has 0 amide bonds. The minimum absolute atomic E-state index is 0.0944. The van der Waals surface area contributed by atoms with Crippen LogP contribution in [0.15, 0.2) is 34.9 Å². The molecule has 2 aliphatic carbocycles. The molecule has 0 spiro atoms. The quantitative estimate of drug-likeness (QED) is 0.209. The maximum atomic E-state index is 14.9. The summed E-state index contributed by atoms with van der Waals surface area (Å²) in [6.07, 6.45) is 3.27. The van der Waals surface area contributed by atoms with Crippen LogP contribution in [0.5, 0.6) is 0 Å². The molecule has 2 aromatic carbocycles. The fraction of sp³-hybridized carbons (Fsp3) is 0.379. The van der Waals surface area contributed by atoms with Gasteiger partial charge in [-0.25, -0.2) is 19.0 Å². The van der Waals surface area contributed by atoms with E-state index in [-0.39, 0.29) is 40.2 Å². The van der Waals surface area contributed by atoms with Crippen molar-refractivity contribution in [3.05, 3.63) is 63.1 Å². The van der Waals surface area contributed by atoms with Crippen molar-refractivity contribution < 1.29 is 28.0 Å². The summed E-state index contributed by atoms with van der Waals surface area (Å²) in [6.45, 7) is 2.64. The van der Waals surface area contributed by atoms with E-state index < -0.39 is 23.4 Å². The van der Waals surface area contributed by atoms with Gasteiger partial charge in [-0.15, -0.1) is 0 Å². The average Bonchev–Trinajstić information content (AvgIpc) is 3.25. The highest BCUT2D eigenvalue weighted by Crippen LogP contribution is 2.51. The zero-order chi connectivity index (χ0) is 28.6. The second-order valence-corrected chi connectivity index (χ2v) is 12.9. The fourth-order valence-corrected chi connectivity index (χ4v) is 7.95. The summed E-state index contributed by atoms with van der Waals surface area (Å²) >= 11 is 14.3. The Morgan fingerprint density at radius 1 is 1.20 bits per heavy atom. The predicted octanol–water partition coefficient (Wildman–Crippen LogP) is 7.28. The van der Waals surface area contributed by atoms with Crippen LogP contribution in [-0.4, -0.2) is 47.4 Å². The van der Waals surface area contributed by atoms with Crippen LogP contribution in [0.4, 0.5) is 9.52 Å². The molecule has 12 heteroatoms. The molecule has 0 N–H and O–H groups in total. The van der Waals surface area contributed by atoms with E-state index >= 15 is 0 Å². The molecule has 3 fully saturated rings. The number of aromatic nitrogens is 2. The Hall–Kier alpha value is -3.21. The molecule has 212 valence electrons. The maximum Gasteiger partial charge on any atom is 0.344 e. The molecule has 3 atom stereocenters. The Morgan fingerprint density at radius 3 is 2.63 bits per heavy atom.